The summed E-state index contributed by atoms with van der Waals surface area (Å²) in [6, 6.07) is 23.3. The van der Waals surface area contributed by atoms with E-state index in [0.717, 1.165) is 23.0 Å². The number of benzene rings is 2. The summed E-state index contributed by atoms with van der Waals surface area (Å²) in [6.45, 7) is 18.5. The third-order valence-electron chi connectivity index (χ3n) is 9.22. The third-order valence-corrected chi connectivity index (χ3v) is 9.81. The first kappa shape index (κ1) is 38.7. The van der Waals surface area contributed by atoms with Crippen LogP contribution < -0.4 is 20.4 Å². The van der Waals surface area contributed by atoms with Crippen molar-refractivity contribution in [2.24, 2.45) is 0 Å². The lowest BCUT2D eigenvalue weighted by Crippen LogP contribution is -2.50. The normalized spacial score (nSPS) is 15.1. The number of piperazine rings is 2. The Bertz CT molecular complexity index is 1660. The minimum Gasteiger partial charge on any atom is -0.352 e. The number of pyridine rings is 2. The number of hydrogen-bond acceptors (Lipinski definition) is 6. The predicted molar refractivity (Wildman–Crippen MR) is 214 cm³/mol. The first-order valence-electron chi connectivity index (χ1n) is 17.7. The molecule has 0 atom stereocenters. The molecule has 10 nitrogen and oxygen atoms in total. The molecule has 4 amide bonds. The standard InChI is InChI=1S/2C20H25ClN4O/c2*1-20(2,3)15-6-8-16(9-7-15)23-19(26)25-13-11-24(12-14-25)18-17(21)5-4-10-22-18/h2*4-10H,11-14H2,1-3H3,(H,23,26). The molecule has 4 aromatic rings. The van der Waals surface area contributed by atoms with Crippen LogP contribution in [0, 0.1) is 0 Å². The number of carbonyl (C=O) groups excluding carboxylic acids is 2. The second-order valence-electron chi connectivity index (χ2n) is 15.1. The van der Waals surface area contributed by atoms with Gasteiger partial charge < -0.3 is 30.2 Å². The van der Waals surface area contributed by atoms with Crippen LogP contribution in [0.3, 0.4) is 0 Å². The van der Waals surface area contributed by atoms with Crippen molar-refractivity contribution >= 4 is 58.3 Å². The van der Waals surface area contributed by atoms with Crippen LogP contribution in [0.5, 0.6) is 0 Å². The highest BCUT2D eigenvalue weighted by Crippen LogP contribution is 2.27. The van der Waals surface area contributed by atoms with E-state index in [1.807, 2.05) is 58.3 Å². The van der Waals surface area contributed by atoms with Gasteiger partial charge in [0.25, 0.3) is 0 Å². The lowest BCUT2D eigenvalue weighted by molar-refractivity contribution is 0.207. The van der Waals surface area contributed by atoms with Crippen LogP contribution in [0.15, 0.2) is 85.2 Å². The van der Waals surface area contributed by atoms with Crippen LogP contribution in [0.4, 0.5) is 32.6 Å². The molecule has 12 heteroatoms. The first-order chi connectivity index (χ1) is 24.7. The fourth-order valence-corrected chi connectivity index (χ4v) is 6.46. The van der Waals surface area contributed by atoms with Crippen molar-refractivity contribution in [1.82, 2.24) is 19.8 Å². The van der Waals surface area contributed by atoms with Crippen LogP contribution >= 0.6 is 23.2 Å². The molecule has 276 valence electrons. The Morgan fingerprint density at radius 3 is 1.15 bits per heavy atom. The number of halogens is 2. The van der Waals surface area contributed by atoms with Crippen molar-refractivity contribution in [3.8, 4) is 0 Å². The van der Waals surface area contributed by atoms with Crippen molar-refractivity contribution in [2.75, 3.05) is 72.8 Å². The zero-order valence-electron chi connectivity index (χ0n) is 31.0. The van der Waals surface area contributed by atoms with E-state index in [4.69, 9.17) is 23.2 Å². The average molecular weight is 746 g/mol. The summed E-state index contributed by atoms with van der Waals surface area (Å²) in [5, 5.41) is 7.25. The number of nitrogens with one attached hydrogen (secondary N) is 2. The van der Waals surface area contributed by atoms with Gasteiger partial charge in [-0.25, -0.2) is 19.6 Å². The van der Waals surface area contributed by atoms with E-state index in [0.29, 0.717) is 62.4 Å². The lowest BCUT2D eigenvalue weighted by atomic mass is 9.87. The second-order valence-corrected chi connectivity index (χ2v) is 15.9. The summed E-state index contributed by atoms with van der Waals surface area (Å²) >= 11 is 12.4. The first-order valence-corrected chi connectivity index (χ1v) is 18.5. The van der Waals surface area contributed by atoms with E-state index in [1.54, 1.807) is 12.4 Å². The topological polar surface area (TPSA) is 96.9 Å². The number of rotatable bonds is 4. The molecule has 0 aliphatic carbocycles. The Labute approximate surface area is 318 Å². The van der Waals surface area contributed by atoms with Gasteiger partial charge >= 0.3 is 12.1 Å². The van der Waals surface area contributed by atoms with E-state index in [-0.39, 0.29) is 22.9 Å². The highest BCUT2D eigenvalue weighted by Gasteiger charge is 2.25. The lowest BCUT2D eigenvalue weighted by Gasteiger charge is -2.35. The molecule has 6 rings (SSSR count). The maximum atomic E-state index is 12.5. The quantitative estimate of drug-likeness (QED) is 0.217. The van der Waals surface area contributed by atoms with Crippen LogP contribution in [0.25, 0.3) is 0 Å². The van der Waals surface area contributed by atoms with Gasteiger partial charge in [0.05, 0.1) is 10.0 Å². The molecule has 2 aromatic carbocycles. The van der Waals surface area contributed by atoms with Gasteiger partial charge in [-0.3, -0.25) is 0 Å². The van der Waals surface area contributed by atoms with Gasteiger partial charge in [0.1, 0.15) is 11.6 Å². The Balaban J connectivity index is 0.000000201. The minimum absolute atomic E-state index is 0.0692. The van der Waals surface area contributed by atoms with E-state index >= 15 is 0 Å². The van der Waals surface area contributed by atoms with Crippen molar-refractivity contribution in [2.45, 2.75) is 52.4 Å². The average Bonchev–Trinajstić information content (AvgIpc) is 3.12. The number of amides is 4. The largest absolute Gasteiger partial charge is 0.352 e. The molecule has 4 heterocycles. The van der Waals surface area contributed by atoms with E-state index in [1.165, 1.54) is 11.1 Å². The molecule has 2 saturated heterocycles. The minimum atomic E-state index is -0.0692. The molecule has 2 aliphatic rings. The third kappa shape index (κ3) is 10.3. The highest BCUT2D eigenvalue weighted by atomic mass is 35.5. The smallest absolute Gasteiger partial charge is 0.321 e. The monoisotopic (exact) mass is 744 g/mol. The molecule has 2 N–H and O–H groups in total. The van der Waals surface area contributed by atoms with Gasteiger partial charge in [-0.15, -0.1) is 0 Å². The molecular weight excluding hydrogens is 695 g/mol. The Morgan fingerprint density at radius 2 is 0.865 bits per heavy atom. The maximum Gasteiger partial charge on any atom is 0.321 e. The Morgan fingerprint density at radius 1 is 0.538 bits per heavy atom. The zero-order chi connectivity index (χ0) is 37.5. The number of nitrogens with zero attached hydrogens (tertiary/aromatic N) is 6. The number of carbonyl (C=O) groups is 2. The Kier molecular flexibility index (Phi) is 12.5. The van der Waals surface area contributed by atoms with Gasteiger partial charge in [-0.05, 0) is 70.5 Å². The summed E-state index contributed by atoms with van der Waals surface area (Å²) in [6.07, 6.45) is 3.48. The molecule has 0 spiro atoms. The fourth-order valence-electron chi connectivity index (χ4n) is 5.97. The van der Waals surface area contributed by atoms with Crippen molar-refractivity contribution in [3.05, 3.63) is 106 Å². The van der Waals surface area contributed by atoms with Gasteiger partial charge in [0.15, 0.2) is 0 Å². The van der Waals surface area contributed by atoms with Gasteiger partial charge in [0.2, 0.25) is 0 Å². The number of urea groups is 2. The van der Waals surface area contributed by atoms with Gasteiger partial charge in [0, 0.05) is 76.1 Å². The highest BCUT2D eigenvalue weighted by molar-refractivity contribution is 6.33. The summed E-state index contributed by atoms with van der Waals surface area (Å²) in [5.74, 6) is 1.57. The van der Waals surface area contributed by atoms with Crippen LogP contribution in [-0.2, 0) is 10.8 Å². The molecule has 0 bridgehead atoms. The summed E-state index contributed by atoms with van der Waals surface area (Å²) in [4.78, 5) is 41.6. The van der Waals surface area contributed by atoms with E-state index < -0.39 is 0 Å². The number of anilines is 4. The van der Waals surface area contributed by atoms with Gasteiger partial charge in [-0.1, -0.05) is 89.0 Å². The molecule has 2 aliphatic heterocycles. The summed E-state index contributed by atoms with van der Waals surface area (Å²) in [7, 11) is 0. The number of aromatic nitrogens is 2. The predicted octanol–water partition coefficient (Wildman–Crippen LogP) is 8.77. The van der Waals surface area contributed by atoms with Crippen molar-refractivity contribution < 1.29 is 9.59 Å². The molecule has 0 radical (unpaired) electrons. The number of hydrogen-bond donors (Lipinski definition) is 2. The molecule has 2 fully saturated rings. The molecule has 0 saturated carbocycles. The van der Waals surface area contributed by atoms with E-state index in [2.05, 4.69) is 96.2 Å². The molecule has 0 unspecified atom stereocenters. The van der Waals surface area contributed by atoms with Crippen LogP contribution in [-0.4, -0.2) is 84.2 Å². The fraction of sp³-hybridized carbons (Fsp3) is 0.400. The van der Waals surface area contributed by atoms with Crippen LogP contribution in [0.1, 0.15) is 52.7 Å². The summed E-state index contributed by atoms with van der Waals surface area (Å²) in [5.41, 5.74) is 4.33. The summed E-state index contributed by atoms with van der Waals surface area (Å²) < 4.78 is 0. The van der Waals surface area contributed by atoms with Crippen molar-refractivity contribution in [1.29, 1.82) is 0 Å². The van der Waals surface area contributed by atoms with Crippen molar-refractivity contribution in [3.63, 3.8) is 0 Å². The van der Waals surface area contributed by atoms with E-state index in [9.17, 15) is 9.59 Å². The Hall–Kier alpha value is -4.54. The molecule has 52 heavy (non-hydrogen) atoms. The SMILES string of the molecule is CC(C)(C)c1ccc(NC(=O)N2CCN(c3ncccc3Cl)CC2)cc1.CC(C)(C)c1ccc(NC(=O)N2CCN(c3ncccc3Cl)CC2)cc1. The maximum absolute atomic E-state index is 12.5. The van der Waals surface area contributed by atoms with Crippen LogP contribution in [0.2, 0.25) is 10.0 Å². The van der Waals surface area contributed by atoms with Gasteiger partial charge in [-0.2, -0.15) is 0 Å². The molecule has 2 aromatic heterocycles. The molecular formula is C40H50Cl2N8O2. The second kappa shape index (κ2) is 16.9. The zero-order valence-corrected chi connectivity index (χ0v) is 32.5.